The molecule has 0 aliphatic heterocycles. The van der Waals surface area contributed by atoms with Crippen LogP contribution in [0.15, 0.2) is 54.7 Å². The normalized spacial score (nSPS) is 11.1. The Balaban J connectivity index is 1.81. The minimum absolute atomic E-state index is 0.650. The molecule has 3 heterocycles. The molecule has 3 aromatic heterocycles. The number of aromatic amines is 1. The number of anilines is 1. The molecule has 0 saturated heterocycles. The van der Waals surface area contributed by atoms with E-state index in [0.717, 1.165) is 33.8 Å². The van der Waals surface area contributed by atoms with Gasteiger partial charge in [-0.1, -0.05) is 18.2 Å². The van der Waals surface area contributed by atoms with Crippen LogP contribution in [0.25, 0.3) is 16.6 Å². The van der Waals surface area contributed by atoms with Crippen molar-refractivity contribution in [2.75, 3.05) is 5.32 Å². The Morgan fingerprint density at radius 1 is 1.14 bits per heavy atom. The Hall–Kier alpha value is -2.95. The molecule has 2 N–H and O–H groups in total. The maximum Gasteiger partial charge on any atom is 0.351 e. The number of aromatic nitrogens is 4. The summed E-state index contributed by atoms with van der Waals surface area (Å²) in [6, 6.07) is 16.2. The lowest BCUT2D eigenvalue weighted by Gasteiger charge is -2.04. The van der Waals surface area contributed by atoms with E-state index in [-0.39, 0.29) is 0 Å². The second-order valence-corrected chi connectivity index (χ2v) is 5.28. The smallest absolute Gasteiger partial charge is 0.343 e. The van der Waals surface area contributed by atoms with Gasteiger partial charge in [-0.2, -0.15) is 0 Å². The largest absolute Gasteiger partial charge is 0.351 e. The number of pyridine rings is 1. The molecule has 0 radical (unpaired) electrons. The third-order valence-electron chi connectivity index (χ3n) is 3.65. The molecular weight excluding hydrogens is 274 g/mol. The zero-order valence-electron chi connectivity index (χ0n) is 12.2. The van der Waals surface area contributed by atoms with E-state index in [1.165, 1.54) is 0 Å². The Morgan fingerprint density at radius 3 is 2.86 bits per heavy atom. The SMILES string of the molecule is Cc1cc2nc(NCc3ccccn3)c3ccccc3[n+]2[nH]1. The lowest BCUT2D eigenvalue weighted by Crippen LogP contribution is -2.26. The van der Waals surface area contributed by atoms with Crippen LogP contribution in [0.1, 0.15) is 11.4 Å². The van der Waals surface area contributed by atoms with Gasteiger partial charge in [0.15, 0.2) is 5.52 Å². The third-order valence-corrected chi connectivity index (χ3v) is 3.65. The summed E-state index contributed by atoms with van der Waals surface area (Å²) in [7, 11) is 0. The molecule has 4 aromatic rings. The first kappa shape index (κ1) is 12.8. The standard InChI is InChI=1S/C17H15N5/c1-12-10-16-20-17(19-11-13-6-4-5-9-18-13)14-7-2-3-8-15(14)22(16)21-12/h2-10H,11H2,1H3,(H,19,20,21)/p+1. The number of H-pyrrole nitrogens is 1. The Kier molecular flexibility index (Phi) is 2.96. The number of rotatable bonds is 3. The molecule has 0 aliphatic rings. The van der Waals surface area contributed by atoms with Crippen molar-refractivity contribution in [3.05, 3.63) is 66.1 Å². The van der Waals surface area contributed by atoms with E-state index in [1.54, 1.807) is 6.20 Å². The first-order valence-corrected chi connectivity index (χ1v) is 7.25. The van der Waals surface area contributed by atoms with Gasteiger partial charge in [-0.25, -0.2) is 5.10 Å². The highest BCUT2D eigenvalue weighted by atomic mass is 15.3. The fourth-order valence-corrected chi connectivity index (χ4v) is 2.65. The van der Waals surface area contributed by atoms with Crippen LogP contribution in [-0.4, -0.2) is 15.1 Å². The van der Waals surface area contributed by atoms with Crippen molar-refractivity contribution in [1.29, 1.82) is 0 Å². The Bertz CT molecular complexity index is 943. The maximum atomic E-state index is 4.73. The predicted molar refractivity (Wildman–Crippen MR) is 85.6 cm³/mol. The molecule has 0 unspecified atom stereocenters. The number of benzene rings is 1. The molecule has 0 bridgehead atoms. The van der Waals surface area contributed by atoms with Crippen LogP contribution in [0.2, 0.25) is 0 Å². The van der Waals surface area contributed by atoms with Crippen LogP contribution >= 0.6 is 0 Å². The molecule has 0 atom stereocenters. The van der Waals surface area contributed by atoms with Crippen molar-refractivity contribution in [3.63, 3.8) is 0 Å². The van der Waals surface area contributed by atoms with Crippen molar-refractivity contribution in [2.45, 2.75) is 13.5 Å². The predicted octanol–water partition coefficient (Wildman–Crippen LogP) is 2.62. The van der Waals surface area contributed by atoms with Gasteiger partial charge in [-0.15, -0.1) is 4.52 Å². The number of nitrogens with one attached hydrogen (secondary N) is 2. The molecule has 0 amide bonds. The van der Waals surface area contributed by atoms with Crippen LogP contribution in [0.5, 0.6) is 0 Å². The molecule has 0 saturated carbocycles. The van der Waals surface area contributed by atoms with E-state index < -0.39 is 0 Å². The molecule has 108 valence electrons. The zero-order valence-corrected chi connectivity index (χ0v) is 12.2. The minimum atomic E-state index is 0.650. The van der Waals surface area contributed by atoms with Gasteiger partial charge < -0.3 is 5.32 Å². The van der Waals surface area contributed by atoms with Gasteiger partial charge in [-0.3, -0.25) is 4.98 Å². The van der Waals surface area contributed by atoms with Crippen molar-refractivity contribution < 1.29 is 4.52 Å². The van der Waals surface area contributed by atoms with Gasteiger partial charge in [0, 0.05) is 6.20 Å². The van der Waals surface area contributed by atoms with Gasteiger partial charge >= 0.3 is 5.65 Å². The van der Waals surface area contributed by atoms with E-state index >= 15 is 0 Å². The first-order valence-electron chi connectivity index (χ1n) is 7.25. The summed E-state index contributed by atoms with van der Waals surface area (Å²) >= 11 is 0. The Labute approximate surface area is 127 Å². The highest BCUT2D eigenvalue weighted by Gasteiger charge is 2.17. The van der Waals surface area contributed by atoms with Crippen LogP contribution in [0, 0.1) is 6.92 Å². The van der Waals surface area contributed by atoms with Crippen LogP contribution in [0.4, 0.5) is 5.82 Å². The summed E-state index contributed by atoms with van der Waals surface area (Å²) in [6.45, 7) is 2.68. The number of hydrogen-bond acceptors (Lipinski definition) is 3. The summed E-state index contributed by atoms with van der Waals surface area (Å²) in [5.74, 6) is 0.875. The van der Waals surface area contributed by atoms with Crippen molar-refractivity contribution in [2.24, 2.45) is 0 Å². The second kappa shape index (κ2) is 5.11. The number of fused-ring (bicyclic) bond motifs is 3. The summed E-state index contributed by atoms with van der Waals surface area (Å²) in [5.41, 5.74) is 4.08. The average molecular weight is 290 g/mol. The topological polar surface area (TPSA) is 57.7 Å². The van der Waals surface area contributed by atoms with Gasteiger partial charge in [-0.05, 0) is 36.2 Å². The quantitative estimate of drug-likeness (QED) is 0.570. The van der Waals surface area contributed by atoms with Gasteiger partial charge in [0.05, 0.1) is 29.4 Å². The van der Waals surface area contributed by atoms with Gasteiger partial charge in [0.25, 0.3) is 5.82 Å². The molecule has 22 heavy (non-hydrogen) atoms. The summed E-state index contributed by atoms with van der Waals surface area (Å²) < 4.78 is 2.01. The Morgan fingerprint density at radius 2 is 2.00 bits per heavy atom. The fraction of sp³-hybridized carbons (Fsp3) is 0.118. The molecule has 5 heteroatoms. The van der Waals surface area contributed by atoms with Gasteiger partial charge in [0.2, 0.25) is 0 Å². The van der Waals surface area contributed by atoms with Crippen LogP contribution < -0.4 is 9.83 Å². The molecule has 0 fully saturated rings. The monoisotopic (exact) mass is 290 g/mol. The number of para-hydroxylation sites is 1. The average Bonchev–Trinajstić information content (AvgIpc) is 2.94. The molecular formula is C17H16N5+. The minimum Gasteiger partial charge on any atom is -0.343 e. The van der Waals surface area contributed by atoms with E-state index in [2.05, 4.69) is 27.5 Å². The molecule has 0 spiro atoms. The summed E-state index contributed by atoms with van der Waals surface area (Å²) in [5, 5.41) is 7.80. The molecule has 0 aliphatic carbocycles. The number of hydrogen-bond donors (Lipinski definition) is 2. The second-order valence-electron chi connectivity index (χ2n) is 5.28. The van der Waals surface area contributed by atoms with Crippen LogP contribution in [-0.2, 0) is 6.54 Å². The van der Waals surface area contributed by atoms with Crippen molar-refractivity contribution >= 4 is 22.4 Å². The first-order chi connectivity index (χ1) is 10.8. The lowest BCUT2D eigenvalue weighted by atomic mass is 10.2. The van der Waals surface area contributed by atoms with E-state index in [4.69, 9.17) is 4.98 Å². The molecule has 5 nitrogen and oxygen atoms in total. The highest BCUT2D eigenvalue weighted by Crippen LogP contribution is 2.20. The maximum absolute atomic E-state index is 4.73. The molecule has 4 rings (SSSR count). The molecule has 1 aromatic carbocycles. The summed E-state index contributed by atoms with van der Waals surface area (Å²) in [6.07, 6.45) is 1.80. The fourth-order valence-electron chi connectivity index (χ4n) is 2.65. The highest BCUT2D eigenvalue weighted by molar-refractivity contribution is 5.87. The van der Waals surface area contributed by atoms with Crippen molar-refractivity contribution in [3.8, 4) is 0 Å². The summed E-state index contributed by atoms with van der Waals surface area (Å²) in [4.78, 5) is 9.07. The zero-order chi connectivity index (χ0) is 14.9. The van der Waals surface area contributed by atoms with Crippen LogP contribution in [0.3, 0.4) is 0 Å². The third kappa shape index (κ3) is 2.16. The lowest BCUT2D eigenvalue weighted by molar-refractivity contribution is -0.551. The van der Waals surface area contributed by atoms with E-state index in [9.17, 15) is 0 Å². The van der Waals surface area contributed by atoms with E-state index in [0.29, 0.717) is 6.54 Å². The van der Waals surface area contributed by atoms with Gasteiger partial charge in [0.1, 0.15) is 0 Å². The van der Waals surface area contributed by atoms with E-state index in [1.807, 2.05) is 47.8 Å². The number of aryl methyl sites for hydroxylation is 1. The van der Waals surface area contributed by atoms with Crippen molar-refractivity contribution in [1.82, 2.24) is 15.1 Å². The number of nitrogens with zero attached hydrogens (tertiary/aromatic N) is 3.